The molecule has 2 N–H and O–H groups in total. The predicted molar refractivity (Wildman–Crippen MR) is 75.9 cm³/mol. The van der Waals surface area contributed by atoms with Gasteiger partial charge in [-0.15, -0.1) is 0 Å². The first-order valence-corrected chi connectivity index (χ1v) is 6.06. The SMILES string of the molecule is COCCCN(C)c1ccc(N)c2cnccc12. The van der Waals surface area contributed by atoms with Crippen molar-refractivity contribution >= 4 is 22.1 Å². The second-order valence-electron chi connectivity index (χ2n) is 4.36. The third-order valence-electron chi connectivity index (χ3n) is 3.08. The van der Waals surface area contributed by atoms with Crippen LogP contribution in [0.1, 0.15) is 6.42 Å². The van der Waals surface area contributed by atoms with E-state index in [0.29, 0.717) is 0 Å². The molecule has 2 rings (SSSR count). The lowest BCUT2D eigenvalue weighted by Gasteiger charge is -2.21. The Balaban J connectivity index is 2.30. The number of ether oxygens (including phenoxy) is 1. The molecule has 0 radical (unpaired) electrons. The molecule has 0 spiro atoms. The highest BCUT2D eigenvalue weighted by atomic mass is 16.5. The first-order chi connectivity index (χ1) is 8.74. The lowest BCUT2D eigenvalue weighted by atomic mass is 10.1. The summed E-state index contributed by atoms with van der Waals surface area (Å²) in [6.45, 7) is 1.73. The normalized spacial score (nSPS) is 10.8. The second-order valence-corrected chi connectivity index (χ2v) is 4.36. The van der Waals surface area contributed by atoms with E-state index in [1.165, 1.54) is 5.69 Å². The molecule has 1 heterocycles. The highest BCUT2D eigenvalue weighted by Crippen LogP contribution is 2.29. The van der Waals surface area contributed by atoms with Gasteiger partial charge in [0.05, 0.1) is 0 Å². The van der Waals surface area contributed by atoms with Gasteiger partial charge in [0.25, 0.3) is 0 Å². The second kappa shape index (κ2) is 5.69. The first kappa shape index (κ1) is 12.6. The molecule has 4 nitrogen and oxygen atoms in total. The summed E-state index contributed by atoms with van der Waals surface area (Å²) in [5.74, 6) is 0. The molecule has 0 atom stereocenters. The Morgan fingerprint density at radius 3 is 2.89 bits per heavy atom. The van der Waals surface area contributed by atoms with E-state index in [4.69, 9.17) is 10.5 Å². The van der Waals surface area contributed by atoms with Gasteiger partial charge in [-0.1, -0.05) is 0 Å². The molecule has 0 aliphatic rings. The topological polar surface area (TPSA) is 51.4 Å². The van der Waals surface area contributed by atoms with Crippen LogP contribution in [-0.2, 0) is 4.74 Å². The first-order valence-electron chi connectivity index (χ1n) is 6.06. The van der Waals surface area contributed by atoms with E-state index in [1.807, 2.05) is 18.3 Å². The summed E-state index contributed by atoms with van der Waals surface area (Å²) in [6, 6.07) is 6.00. The number of aromatic nitrogens is 1. The van der Waals surface area contributed by atoms with Crippen LogP contribution in [0.5, 0.6) is 0 Å². The van der Waals surface area contributed by atoms with Gasteiger partial charge in [0.1, 0.15) is 0 Å². The number of pyridine rings is 1. The van der Waals surface area contributed by atoms with Gasteiger partial charge in [-0.3, -0.25) is 4.98 Å². The highest BCUT2D eigenvalue weighted by Gasteiger charge is 2.07. The summed E-state index contributed by atoms with van der Waals surface area (Å²) in [5, 5.41) is 2.15. The summed E-state index contributed by atoms with van der Waals surface area (Å²) in [5.41, 5.74) is 7.92. The van der Waals surface area contributed by atoms with Crippen molar-refractivity contribution in [3.63, 3.8) is 0 Å². The maximum absolute atomic E-state index is 5.97. The van der Waals surface area contributed by atoms with Gasteiger partial charge < -0.3 is 15.4 Å². The van der Waals surface area contributed by atoms with Crippen LogP contribution in [0.4, 0.5) is 11.4 Å². The zero-order chi connectivity index (χ0) is 13.0. The van der Waals surface area contributed by atoms with Crippen molar-refractivity contribution in [3.05, 3.63) is 30.6 Å². The number of nitrogens with zero attached hydrogens (tertiary/aromatic N) is 2. The van der Waals surface area contributed by atoms with Crippen LogP contribution in [0.2, 0.25) is 0 Å². The number of methoxy groups -OCH3 is 1. The van der Waals surface area contributed by atoms with Crippen molar-refractivity contribution in [2.75, 3.05) is 37.9 Å². The van der Waals surface area contributed by atoms with Crippen molar-refractivity contribution in [2.45, 2.75) is 6.42 Å². The molecule has 2 aromatic rings. The lowest BCUT2D eigenvalue weighted by molar-refractivity contribution is 0.196. The maximum Gasteiger partial charge on any atom is 0.0479 e. The third kappa shape index (κ3) is 2.54. The monoisotopic (exact) mass is 245 g/mol. The number of hydrogen-bond acceptors (Lipinski definition) is 4. The Morgan fingerprint density at radius 1 is 1.28 bits per heavy atom. The minimum atomic E-state index is 0.771. The van der Waals surface area contributed by atoms with Crippen LogP contribution in [0.3, 0.4) is 0 Å². The Hall–Kier alpha value is -1.81. The highest BCUT2D eigenvalue weighted by molar-refractivity contribution is 6.00. The average molecular weight is 245 g/mol. The molecule has 0 fully saturated rings. The molecule has 0 amide bonds. The molecule has 0 aliphatic heterocycles. The zero-order valence-corrected chi connectivity index (χ0v) is 10.9. The molecule has 0 saturated carbocycles. The van der Waals surface area contributed by atoms with E-state index >= 15 is 0 Å². The molecule has 96 valence electrons. The summed E-state index contributed by atoms with van der Waals surface area (Å²) in [7, 11) is 3.81. The van der Waals surface area contributed by atoms with Gasteiger partial charge in [0.15, 0.2) is 0 Å². The van der Waals surface area contributed by atoms with Crippen molar-refractivity contribution in [3.8, 4) is 0 Å². The molecule has 1 aromatic carbocycles. The molecule has 0 bridgehead atoms. The fraction of sp³-hybridized carbons (Fsp3) is 0.357. The Bertz CT molecular complexity index is 527. The van der Waals surface area contributed by atoms with Crippen molar-refractivity contribution < 1.29 is 4.74 Å². The molecular weight excluding hydrogens is 226 g/mol. The van der Waals surface area contributed by atoms with Crippen LogP contribution in [-0.4, -0.2) is 32.3 Å². The Morgan fingerprint density at radius 2 is 2.11 bits per heavy atom. The van der Waals surface area contributed by atoms with Gasteiger partial charge in [0.2, 0.25) is 0 Å². The Labute approximate surface area is 107 Å². The number of benzene rings is 1. The molecular formula is C14H19N3O. The van der Waals surface area contributed by atoms with Gasteiger partial charge >= 0.3 is 0 Å². The fourth-order valence-corrected chi connectivity index (χ4v) is 2.10. The standard InChI is InChI=1S/C14H19N3O/c1-17(8-3-9-18-2)14-5-4-13(15)12-10-16-7-6-11(12)14/h4-7,10H,3,8-9,15H2,1-2H3. The van der Waals surface area contributed by atoms with Crippen LogP contribution in [0.25, 0.3) is 10.8 Å². The van der Waals surface area contributed by atoms with Crippen LogP contribution < -0.4 is 10.6 Å². The fourth-order valence-electron chi connectivity index (χ4n) is 2.10. The van der Waals surface area contributed by atoms with Crippen molar-refractivity contribution in [2.24, 2.45) is 0 Å². The summed E-state index contributed by atoms with van der Waals surface area (Å²) >= 11 is 0. The lowest BCUT2D eigenvalue weighted by Crippen LogP contribution is -2.20. The minimum Gasteiger partial charge on any atom is -0.398 e. The number of nitrogen functional groups attached to an aromatic ring is 1. The van der Waals surface area contributed by atoms with Gasteiger partial charge in [-0.2, -0.15) is 0 Å². The molecule has 1 aromatic heterocycles. The largest absolute Gasteiger partial charge is 0.398 e. The van der Waals surface area contributed by atoms with E-state index < -0.39 is 0 Å². The van der Waals surface area contributed by atoms with E-state index in [-0.39, 0.29) is 0 Å². The van der Waals surface area contributed by atoms with Crippen LogP contribution in [0, 0.1) is 0 Å². The van der Waals surface area contributed by atoms with E-state index in [9.17, 15) is 0 Å². The van der Waals surface area contributed by atoms with Gasteiger partial charge in [-0.05, 0) is 24.6 Å². The number of anilines is 2. The minimum absolute atomic E-state index is 0.771. The number of hydrogen-bond donors (Lipinski definition) is 1. The summed E-state index contributed by atoms with van der Waals surface area (Å²) < 4.78 is 5.08. The van der Waals surface area contributed by atoms with E-state index in [2.05, 4.69) is 23.0 Å². The molecule has 0 aliphatic carbocycles. The van der Waals surface area contributed by atoms with Gasteiger partial charge in [0, 0.05) is 61.9 Å². The van der Waals surface area contributed by atoms with Crippen LogP contribution >= 0.6 is 0 Å². The van der Waals surface area contributed by atoms with Crippen molar-refractivity contribution in [1.29, 1.82) is 0 Å². The number of nitrogens with two attached hydrogens (primary N) is 1. The predicted octanol–water partition coefficient (Wildman–Crippen LogP) is 2.29. The molecule has 0 unspecified atom stereocenters. The average Bonchev–Trinajstić information content (AvgIpc) is 2.39. The zero-order valence-electron chi connectivity index (χ0n) is 10.9. The summed E-state index contributed by atoms with van der Waals surface area (Å²) in [6.07, 6.45) is 4.62. The Kier molecular flexibility index (Phi) is 3.99. The smallest absolute Gasteiger partial charge is 0.0479 e. The number of fused-ring (bicyclic) bond motifs is 1. The van der Waals surface area contributed by atoms with Crippen LogP contribution in [0.15, 0.2) is 30.6 Å². The van der Waals surface area contributed by atoms with E-state index in [0.717, 1.165) is 36.0 Å². The maximum atomic E-state index is 5.97. The summed E-state index contributed by atoms with van der Waals surface area (Å²) in [4.78, 5) is 6.35. The molecule has 18 heavy (non-hydrogen) atoms. The van der Waals surface area contributed by atoms with E-state index in [1.54, 1.807) is 13.3 Å². The quantitative estimate of drug-likeness (QED) is 0.648. The van der Waals surface area contributed by atoms with Gasteiger partial charge in [-0.25, -0.2) is 0 Å². The molecule has 4 heteroatoms. The third-order valence-corrected chi connectivity index (χ3v) is 3.08. The van der Waals surface area contributed by atoms with Crippen molar-refractivity contribution in [1.82, 2.24) is 4.98 Å². The molecule has 0 saturated heterocycles. The number of rotatable bonds is 5.